The molecule has 0 aliphatic carbocycles. The minimum Gasteiger partial charge on any atom is -0.370 e. The van der Waals surface area contributed by atoms with Crippen LogP contribution in [0.3, 0.4) is 0 Å². The van der Waals surface area contributed by atoms with E-state index in [1.54, 1.807) is 19.1 Å². The zero-order chi connectivity index (χ0) is 14.4. The maximum Gasteiger partial charge on any atom is 0.192 e. The molecule has 1 saturated heterocycles. The lowest BCUT2D eigenvalue weighted by molar-refractivity contribution is 0.379. The fourth-order valence-electron chi connectivity index (χ4n) is 2.18. The third-order valence-electron chi connectivity index (χ3n) is 3.29. The maximum absolute atomic E-state index is 13.7. The van der Waals surface area contributed by atoms with Crippen molar-refractivity contribution < 1.29 is 4.39 Å². The van der Waals surface area contributed by atoms with Crippen LogP contribution in [0.4, 0.5) is 10.1 Å². The summed E-state index contributed by atoms with van der Waals surface area (Å²) in [6.45, 7) is 5.15. The highest BCUT2D eigenvalue weighted by atomic mass is 19.1. The second-order valence-electron chi connectivity index (χ2n) is 4.53. The van der Waals surface area contributed by atoms with E-state index >= 15 is 0 Å². The first-order valence-electron chi connectivity index (χ1n) is 6.66. The second-order valence-corrected chi connectivity index (χ2v) is 4.53. The highest BCUT2D eigenvalue weighted by Gasteiger charge is 2.20. The van der Waals surface area contributed by atoms with Crippen LogP contribution in [-0.4, -0.2) is 43.6 Å². The van der Waals surface area contributed by atoms with Gasteiger partial charge in [-0.15, -0.1) is 5.92 Å². The zero-order valence-corrected chi connectivity index (χ0v) is 11.6. The van der Waals surface area contributed by atoms with Gasteiger partial charge in [-0.3, -0.25) is 0 Å². The summed E-state index contributed by atoms with van der Waals surface area (Å²) in [6.07, 6.45) is 0. The lowest BCUT2D eigenvalue weighted by Gasteiger charge is -2.36. The molecule has 0 amide bonds. The van der Waals surface area contributed by atoms with Gasteiger partial charge >= 0.3 is 0 Å². The maximum atomic E-state index is 13.7. The molecule has 2 rings (SSSR count). The Morgan fingerprint density at radius 3 is 2.65 bits per heavy atom. The zero-order valence-electron chi connectivity index (χ0n) is 11.6. The number of piperazine rings is 1. The van der Waals surface area contributed by atoms with E-state index in [-0.39, 0.29) is 5.82 Å². The van der Waals surface area contributed by atoms with Crippen molar-refractivity contribution in [1.82, 2.24) is 4.90 Å². The normalized spacial score (nSPS) is 15.8. The van der Waals surface area contributed by atoms with Gasteiger partial charge in [0.1, 0.15) is 12.4 Å². The van der Waals surface area contributed by atoms with E-state index in [9.17, 15) is 4.39 Å². The van der Waals surface area contributed by atoms with Crippen molar-refractivity contribution >= 4 is 11.6 Å². The molecular formula is C15H19FN4. The predicted molar refractivity (Wildman–Crippen MR) is 80.1 cm³/mol. The van der Waals surface area contributed by atoms with Crippen molar-refractivity contribution in [3.05, 3.63) is 30.1 Å². The average molecular weight is 274 g/mol. The van der Waals surface area contributed by atoms with Gasteiger partial charge in [-0.2, -0.15) is 0 Å². The van der Waals surface area contributed by atoms with Crippen molar-refractivity contribution in [1.29, 1.82) is 0 Å². The van der Waals surface area contributed by atoms with Gasteiger partial charge in [-0.1, -0.05) is 18.1 Å². The quantitative estimate of drug-likeness (QED) is 0.502. The Balaban J connectivity index is 1.93. The van der Waals surface area contributed by atoms with Gasteiger partial charge in [-0.05, 0) is 19.1 Å². The highest BCUT2D eigenvalue weighted by Crippen LogP contribution is 2.19. The molecule has 0 aromatic heterocycles. The van der Waals surface area contributed by atoms with Gasteiger partial charge in [0.25, 0.3) is 0 Å². The van der Waals surface area contributed by atoms with Crippen molar-refractivity contribution in [2.45, 2.75) is 6.92 Å². The van der Waals surface area contributed by atoms with Crippen molar-refractivity contribution in [2.24, 2.45) is 10.7 Å². The Morgan fingerprint density at radius 2 is 2.00 bits per heavy atom. The fraction of sp³-hybridized carbons (Fsp3) is 0.400. The lowest BCUT2D eigenvalue weighted by Crippen LogP contribution is -2.51. The van der Waals surface area contributed by atoms with E-state index < -0.39 is 0 Å². The third kappa shape index (κ3) is 3.41. The molecule has 0 saturated carbocycles. The molecule has 1 aliphatic rings. The smallest absolute Gasteiger partial charge is 0.192 e. The minimum absolute atomic E-state index is 0.180. The topological polar surface area (TPSA) is 44.9 Å². The highest BCUT2D eigenvalue weighted by molar-refractivity contribution is 5.78. The van der Waals surface area contributed by atoms with Crippen LogP contribution in [0.1, 0.15) is 6.92 Å². The number of benzene rings is 1. The van der Waals surface area contributed by atoms with Gasteiger partial charge in [0, 0.05) is 26.2 Å². The largest absolute Gasteiger partial charge is 0.370 e. The molecule has 0 unspecified atom stereocenters. The number of guanidine groups is 1. The Hall–Kier alpha value is -2.22. The van der Waals surface area contributed by atoms with Crippen molar-refractivity contribution in [3.8, 4) is 11.8 Å². The summed E-state index contributed by atoms with van der Waals surface area (Å²) in [5, 5.41) is 0. The van der Waals surface area contributed by atoms with E-state index in [0.29, 0.717) is 18.2 Å². The molecule has 1 aliphatic heterocycles. The minimum atomic E-state index is -0.180. The molecule has 1 aromatic rings. The van der Waals surface area contributed by atoms with Crippen LogP contribution >= 0.6 is 0 Å². The van der Waals surface area contributed by atoms with Crippen LogP contribution in [0.2, 0.25) is 0 Å². The van der Waals surface area contributed by atoms with Crippen LogP contribution < -0.4 is 10.6 Å². The number of halogens is 1. The summed E-state index contributed by atoms with van der Waals surface area (Å²) in [5.74, 6) is 5.97. The molecule has 2 N–H and O–H groups in total. The summed E-state index contributed by atoms with van der Waals surface area (Å²) < 4.78 is 13.7. The first kappa shape index (κ1) is 14.2. The van der Waals surface area contributed by atoms with Gasteiger partial charge in [0.05, 0.1) is 5.69 Å². The monoisotopic (exact) mass is 274 g/mol. The summed E-state index contributed by atoms with van der Waals surface area (Å²) in [6, 6.07) is 6.85. The average Bonchev–Trinajstić information content (AvgIpc) is 2.48. The summed E-state index contributed by atoms with van der Waals surface area (Å²) in [7, 11) is 0. The molecule has 0 atom stereocenters. The fourth-order valence-corrected chi connectivity index (χ4v) is 2.18. The second kappa shape index (κ2) is 6.80. The Labute approximate surface area is 119 Å². The number of hydrogen-bond acceptors (Lipinski definition) is 2. The van der Waals surface area contributed by atoms with Crippen molar-refractivity contribution in [3.63, 3.8) is 0 Å². The lowest BCUT2D eigenvalue weighted by atomic mass is 10.2. The predicted octanol–water partition coefficient (Wildman–Crippen LogP) is 1.29. The molecule has 106 valence electrons. The molecule has 0 bridgehead atoms. The molecule has 1 heterocycles. The van der Waals surface area contributed by atoms with Crippen molar-refractivity contribution in [2.75, 3.05) is 37.6 Å². The first-order chi connectivity index (χ1) is 9.72. The first-order valence-corrected chi connectivity index (χ1v) is 6.66. The summed E-state index contributed by atoms with van der Waals surface area (Å²) in [5.41, 5.74) is 6.57. The van der Waals surface area contributed by atoms with E-state index in [1.165, 1.54) is 6.07 Å². The van der Waals surface area contributed by atoms with Crippen LogP contribution in [0, 0.1) is 17.7 Å². The Kier molecular flexibility index (Phi) is 4.83. The number of para-hydroxylation sites is 1. The van der Waals surface area contributed by atoms with Crippen LogP contribution in [-0.2, 0) is 0 Å². The standard InChI is InChI=1S/C15H19FN4/c1-2-3-8-18-15(17)20-11-9-19(10-12-20)14-7-5-4-6-13(14)16/h4-7H,8-12H2,1H3,(H2,17,18). The number of rotatable bonds is 2. The van der Waals surface area contributed by atoms with Gasteiger partial charge in [0.15, 0.2) is 5.96 Å². The molecule has 1 aromatic carbocycles. The number of hydrogen-bond donors (Lipinski definition) is 1. The van der Waals surface area contributed by atoms with Crippen LogP contribution in [0.5, 0.6) is 0 Å². The summed E-state index contributed by atoms with van der Waals surface area (Å²) in [4.78, 5) is 8.25. The summed E-state index contributed by atoms with van der Waals surface area (Å²) >= 11 is 0. The van der Waals surface area contributed by atoms with Gasteiger partial charge < -0.3 is 15.5 Å². The van der Waals surface area contributed by atoms with E-state index in [1.807, 2.05) is 15.9 Å². The number of nitrogens with two attached hydrogens (primary N) is 1. The van der Waals surface area contributed by atoms with E-state index in [2.05, 4.69) is 16.8 Å². The molecule has 0 spiro atoms. The van der Waals surface area contributed by atoms with Gasteiger partial charge in [-0.25, -0.2) is 9.38 Å². The molecule has 0 radical (unpaired) electrons. The molecule has 4 nitrogen and oxygen atoms in total. The number of nitrogens with zero attached hydrogens (tertiary/aromatic N) is 3. The third-order valence-corrected chi connectivity index (χ3v) is 3.29. The molecular weight excluding hydrogens is 255 g/mol. The number of anilines is 1. The Bertz CT molecular complexity index is 536. The molecule has 5 heteroatoms. The van der Waals surface area contributed by atoms with Crippen LogP contribution in [0.15, 0.2) is 29.3 Å². The van der Waals surface area contributed by atoms with E-state index in [0.717, 1.165) is 26.2 Å². The molecule has 20 heavy (non-hydrogen) atoms. The van der Waals surface area contributed by atoms with Crippen LogP contribution in [0.25, 0.3) is 0 Å². The SMILES string of the molecule is CC#CCN=C(N)N1CCN(c2ccccc2F)CC1. The Morgan fingerprint density at radius 1 is 1.30 bits per heavy atom. The molecule has 1 fully saturated rings. The van der Waals surface area contributed by atoms with Gasteiger partial charge in [0.2, 0.25) is 0 Å². The van der Waals surface area contributed by atoms with E-state index in [4.69, 9.17) is 5.73 Å². The number of aliphatic imine (C=N–C) groups is 1.